The van der Waals surface area contributed by atoms with Crippen LogP contribution in [-0.4, -0.2) is 35.9 Å². The topological polar surface area (TPSA) is 72.8 Å². The lowest BCUT2D eigenvalue weighted by Gasteiger charge is -2.39. The van der Waals surface area contributed by atoms with Gasteiger partial charge < -0.3 is 14.6 Å². The van der Waals surface area contributed by atoms with Crippen LogP contribution in [0.5, 0.6) is 0 Å². The minimum Gasteiger partial charge on any atom is -0.481 e. The van der Waals surface area contributed by atoms with Crippen LogP contribution in [0.3, 0.4) is 0 Å². The van der Waals surface area contributed by atoms with E-state index >= 15 is 0 Å². The largest absolute Gasteiger partial charge is 0.481 e. The molecule has 0 bridgehead atoms. The summed E-state index contributed by atoms with van der Waals surface area (Å²) >= 11 is 0. The van der Waals surface area contributed by atoms with Crippen molar-refractivity contribution >= 4 is 11.9 Å². The lowest BCUT2D eigenvalue weighted by molar-refractivity contribution is -0.194. The molecule has 5 nitrogen and oxygen atoms in total. The third kappa shape index (κ3) is 8.52. The summed E-state index contributed by atoms with van der Waals surface area (Å²) in [7, 11) is 0. The Hall–Kier alpha value is -1.36. The summed E-state index contributed by atoms with van der Waals surface area (Å²) in [5, 5.41) is 9.46. The van der Waals surface area contributed by atoms with Crippen molar-refractivity contribution in [2.24, 2.45) is 5.92 Å². The average Bonchev–Trinajstić information content (AvgIpc) is 2.56. The van der Waals surface area contributed by atoms with Crippen molar-refractivity contribution in [2.45, 2.75) is 84.7 Å². The molecule has 146 valence electrons. The Labute approximate surface area is 152 Å². The molecule has 0 aromatic carbocycles. The molecule has 1 aliphatic rings. The number of hydrogen-bond donors (Lipinski definition) is 1. The van der Waals surface area contributed by atoms with E-state index in [1.807, 2.05) is 20.8 Å². The number of esters is 1. The molecule has 0 saturated heterocycles. The third-order valence-electron chi connectivity index (χ3n) is 4.04. The summed E-state index contributed by atoms with van der Waals surface area (Å²) in [6.45, 7) is 12.2. The molecule has 1 aliphatic carbocycles. The van der Waals surface area contributed by atoms with Gasteiger partial charge in [-0.2, -0.15) is 0 Å². The number of carboxylic acids is 1. The number of aliphatic carboxylic acids is 1. The van der Waals surface area contributed by atoms with Gasteiger partial charge in [0.1, 0.15) is 0 Å². The lowest BCUT2D eigenvalue weighted by atomic mass is 9.75. The smallest absolute Gasteiger partial charge is 0.339 e. The molecule has 0 spiro atoms. The van der Waals surface area contributed by atoms with Gasteiger partial charge in [-0.05, 0) is 46.0 Å². The standard InChI is InChI=1S/C16H28O5.C4H8/c1-3-5-8-12-21-16(15(19)20-11-4-2)10-7-6-9-13(16)14(17)18;1-4(2)3/h13H,3-12H2,1-2H3,(H,17,18);1H2,2-3H3. The molecule has 0 aromatic rings. The highest BCUT2D eigenvalue weighted by molar-refractivity contribution is 5.87. The second-order valence-corrected chi connectivity index (χ2v) is 6.92. The minimum atomic E-state index is -1.28. The van der Waals surface area contributed by atoms with Gasteiger partial charge in [0.25, 0.3) is 0 Å². The maximum Gasteiger partial charge on any atom is 0.339 e. The molecular formula is C20H36O5. The van der Waals surface area contributed by atoms with Gasteiger partial charge in [-0.3, -0.25) is 4.79 Å². The van der Waals surface area contributed by atoms with Crippen LogP contribution in [0.15, 0.2) is 12.2 Å². The highest BCUT2D eigenvalue weighted by Crippen LogP contribution is 2.38. The zero-order valence-electron chi connectivity index (χ0n) is 16.4. The summed E-state index contributed by atoms with van der Waals surface area (Å²) in [5.74, 6) is -2.25. The molecule has 0 aromatic heterocycles. The maximum atomic E-state index is 12.4. The summed E-state index contributed by atoms with van der Waals surface area (Å²) in [6, 6.07) is 0. The van der Waals surface area contributed by atoms with Gasteiger partial charge in [0.05, 0.1) is 12.5 Å². The second-order valence-electron chi connectivity index (χ2n) is 6.92. The fourth-order valence-corrected chi connectivity index (χ4v) is 2.87. The van der Waals surface area contributed by atoms with Crippen molar-refractivity contribution in [3.8, 4) is 0 Å². The van der Waals surface area contributed by atoms with E-state index in [9.17, 15) is 14.7 Å². The quantitative estimate of drug-likeness (QED) is 0.367. The molecule has 0 aliphatic heterocycles. The van der Waals surface area contributed by atoms with Crippen LogP contribution in [-0.2, 0) is 19.1 Å². The molecule has 25 heavy (non-hydrogen) atoms. The van der Waals surface area contributed by atoms with Crippen LogP contribution in [0.25, 0.3) is 0 Å². The SMILES string of the molecule is C=C(C)C.CCCCCOC1(C(=O)OCCC)CCCCC1C(=O)O. The Balaban J connectivity index is 0.00000129. The Bertz CT molecular complexity index is 414. The number of carbonyl (C=O) groups is 2. The predicted molar refractivity (Wildman–Crippen MR) is 99.5 cm³/mol. The minimum absolute atomic E-state index is 0.311. The van der Waals surface area contributed by atoms with Gasteiger partial charge in [-0.25, -0.2) is 4.79 Å². The molecule has 1 rings (SSSR count). The molecule has 2 unspecified atom stereocenters. The van der Waals surface area contributed by atoms with Crippen LogP contribution >= 0.6 is 0 Å². The second kappa shape index (κ2) is 12.9. The summed E-state index contributed by atoms with van der Waals surface area (Å²) in [5.41, 5.74) is -0.118. The number of allylic oxidation sites excluding steroid dienone is 1. The summed E-state index contributed by atoms with van der Waals surface area (Å²) in [6.07, 6.45) is 6.16. The molecule has 1 fully saturated rings. The van der Waals surface area contributed by atoms with Crippen LogP contribution < -0.4 is 0 Å². The first-order valence-electron chi connectivity index (χ1n) is 9.47. The molecule has 0 radical (unpaired) electrons. The molecule has 2 atom stereocenters. The molecule has 0 heterocycles. The number of carboxylic acid groups (broad SMARTS) is 1. The molecule has 1 saturated carbocycles. The van der Waals surface area contributed by atoms with Crippen LogP contribution in [0, 0.1) is 5.92 Å². The van der Waals surface area contributed by atoms with E-state index in [-0.39, 0.29) is 0 Å². The van der Waals surface area contributed by atoms with Gasteiger partial charge in [-0.1, -0.05) is 38.7 Å². The van der Waals surface area contributed by atoms with Gasteiger partial charge in [0, 0.05) is 6.61 Å². The monoisotopic (exact) mass is 356 g/mol. The Kier molecular flexibility index (Phi) is 12.2. The maximum absolute atomic E-state index is 12.4. The Morgan fingerprint density at radius 1 is 1.12 bits per heavy atom. The zero-order valence-corrected chi connectivity index (χ0v) is 16.4. The van der Waals surface area contributed by atoms with Crippen molar-refractivity contribution in [3.63, 3.8) is 0 Å². The Morgan fingerprint density at radius 3 is 2.28 bits per heavy atom. The van der Waals surface area contributed by atoms with E-state index in [0.717, 1.165) is 38.5 Å². The van der Waals surface area contributed by atoms with E-state index < -0.39 is 23.5 Å². The number of unbranched alkanes of at least 4 members (excludes halogenated alkanes) is 2. The highest BCUT2D eigenvalue weighted by Gasteiger charge is 2.53. The van der Waals surface area contributed by atoms with E-state index in [2.05, 4.69) is 13.5 Å². The fraction of sp³-hybridized carbons (Fsp3) is 0.800. The first kappa shape index (κ1) is 23.6. The van der Waals surface area contributed by atoms with Crippen molar-refractivity contribution < 1.29 is 24.2 Å². The van der Waals surface area contributed by atoms with Crippen molar-refractivity contribution in [3.05, 3.63) is 12.2 Å². The number of ether oxygens (including phenoxy) is 2. The van der Waals surface area contributed by atoms with Gasteiger partial charge in [0.15, 0.2) is 5.60 Å². The first-order valence-corrected chi connectivity index (χ1v) is 9.47. The third-order valence-corrected chi connectivity index (χ3v) is 4.04. The zero-order chi connectivity index (χ0) is 19.3. The number of rotatable bonds is 9. The van der Waals surface area contributed by atoms with Crippen molar-refractivity contribution in [2.75, 3.05) is 13.2 Å². The van der Waals surface area contributed by atoms with Gasteiger partial charge >= 0.3 is 11.9 Å². The first-order chi connectivity index (χ1) is 11.8. The molecule has 1 N–H and O–H groups in total. The van der Waals surface area contributed by atoms with Gasteiger partial charge in [-0.15, -0.1) is 6.58 Å². The number of hydrogen-bond acceptors (Lipinski definition) is 4. The lowest BCUT2D eigenvalue weighted by Crippen LogP contribution is -2.54. The summed E-state index contributed by atoms with van der Waals surface area (Å²) in [4.78, 5) is 24.0. The predicted octanol–water partition coefficient (Wildman–Crippen LogP) is 4.74. The van der Waals surface area contributed by atoms with Crippen LogP contribution in [0.4, 0.5) is 0 Å². The Morgan fingerprint density at radius 2 is 1.76 bits per heavy atom. The van der Waals surface area contributed by atoms with E-state index in [1.54, 1.807) is 0 Å². The van der Waals surface area contributed by atoms with E-state index in [1.165, 1.54) is 5.57 Å². The number of carbonyl (C=O) groups excluding carboxylic acids is 1. The molecule has 0 amide bonds. The fourth-order valence-electron chi connectivity index (χ4n) is 2.87. The van der Waals surface area contributed by atoms with Crippen LogP contribution in [0.1, 0.15) is 79.1 Å². The summed E-state index contributed by atoms with van der Waals surface area (Å²) < 4.78 is 11.1. The van der Waals surface area contributed by atoms with Crippen molar-refractivity contribution in [1.29, 1.82) is 0 Å². The van der Waals surface area contributed by atoms with E-state index in [0.29, 0.717) is 26.1 Å². The van der Waals surface area contributed by atoms with Crippen LogP contribution in [0.2, 0.25) is 0 Å². The van der Waals surface area contributed by atoms with Crippen molar-refractivity contribution in [1.82, 2.24) is 0 Å². The molecular weight excluding hydrogens is 320 g/mol. The van der Waals surface area contributed by atoms with Gasteiger partial charge in [0.2, 0.25) is 0 Å². The molecule has 5 heteroatoms. The normalized spacial score (nSPS) is 22.5. The highest BCUT2D eigenvalue weighted by atomic mass is 16.6. The van der Waals surface area contributed by atoms with E-state index in [4.69, 9.17) is 9.47 Å². The average molecular weight is 357 g/mol.